The van der Waals surface area contributed by atoms with Crippen LogP contribution in [0.4, 0.5) is 0 Å². The molecule has 2 nitrogen and oxygen atoms in total. The van der Waals surface area contributed by atoms with Gasteiger partial charge in [-0.05, 0) is 11.1 Å². The molecule has 0 saturated carbocycles. The van der Waals surface area contributed by atoms with Crippen molar-refractivity contribution < 1.29 is 8.83 Å². The molecule has 0 unspecified atom stereocenters. The fraction of sp³-hybridized carbons (Fsp3) is 0. The highest BCUT2D eigenvalue weighted by Crippen LogP contribution is 2.34. The van der Waals surface area contributed by atoms with Crippen molar-refractivity contribution in [3.63, 3.8) is 0 Å². The molecule has 18 heavy (non-hydrogen) atoms. The molecule has 0 saturated heterocycles. The van der Waals surface area contributed by atoms with Crippen LogP contribution in [0.15, 0.2) is 70.3 Å². The monoisotopic (exact) mass is 234 g/mol. The van der Waals surface area contributed by atoms with E-state index in [1.54, 1.807) is 25.1 Å². The highest BCUT2D eigenvalue weighted by Gasteiger charge is 2.09. The summed E-state index contributed by atoms with van der Waals surface area (Å²) in [5.74, 6) is 0. The molecule has 86 valence electrons. The van der Waals surface area contributed by atoms with E-state index in [1.165, 1.54) is 11.1 Å². The van der Waals surface area contributed by atoms with Gasteiger partial charge in [-0.25, -0.2) is 0 Å². The highest BCUT2D eigenvalue weighted by molar-refractivity contribution is 6.04. The molecule has 4 rings (SSSR count). The number of hydrogen-bond acceptors (Lipinski definition) is 2. The summed E-state index contributed by atoms with van der Waals surface area (Å²) < 4.78 is 10.6. The summed E-state index contributed by atoms with van der Waals surface area (Å²) >= 11 is 0. The third-order valence-corrected chi connectivity index (χ3v) is 3.33. The maximum Gasteiger partial charge on any atom is 0.0987 e. The number of fused-ring (bicyclic) bond motifs is 2. The van der Waals surface area contributed by atoms with E-state index in [1.807, 2.05) is 12.1 Å². The Labute approximate surface area is 103 Å². The predicted molar refractivity (Wildman–Crippen MR) is 71.4 cm³/mol. The van der Waals surface area contributed by atoms with E-state index >= 15 is 0 Å². The van der Waals surface area contributed by atoms with Gasteiger partial charge in [-0.15, -0.1) is 0 Å². The van der Waals surface area contributed by atoms with E-state index < -0.39 is 0 Å². The van der Waals surface area contributed by atoms with Gasteiger partial charge in [-0.3, -0.25) is 0 Å². The van der Waals surface area contributed by atoms with Crippen LogP contribution in [-0.4, -0.2) is 0 Å². The van der Waals surface area contributed by atoms with Gasteiger partial charge >= 0.3 is 0 Å². The van der Waals surface area contributed by atoms with Crippen LogP contribution in [0.1, 0.15) is 0 Å². The lowest BCUT2D eigenvalue weighted by Crippen LogP contribution is -1.79. The average molecular weight is 234 g/mol. The fourth-order valence-electron chi connectivity index (χ4n) is 2.46. The summed E-state index contributed by atoms with van der Waals surface area (Å²) in [6, 6.07) is 12.4. The van der Waals surface area contributed by atoms with Crippen molar-refractivity contribution in [3.05, 3.63) is 61.5 Å². The van der Waals surface area contributed by atoms with Gasteiger partial charge in [0.2, 0.25) is 0 Å². The summed E-state index contributed by atoms with van der Waals surface area (Å²) in [5, 5.41) is 4.50. The number of hydrogen-bond donors (Lipinski definition) is 0. The molecule has 0 N–H and O–H groups in total. The molecular formula is C16H10O2. The van der Waals surface area contributed by atoms with Crippen LogP contribution in [0.5, 0.6) is 0 Å². The van der Waals surface area contributed by atoms with Crippen molar-refractivity contribution in [2.45, 2.75) is 0 Å². The lowest BCUT2D eigenvalue weighted by Gasteiger charge is -2.04. The van der Waals surface area contributed by atoms with E-state index in [2.05, 4.69) is 24.3 Å². The lowest BCUT2D eigenvalue weighted by atomic mass is 9.98. The van der Waals surface area contributed by atoms with E-state index in [0.717, 1.165) is 21.5 Å². The second-order valence-electron chi connectivity index (χ2n) is 4.36. The summed E-state index contributed by atoms with van der Waals surface area (Å²) in [6.45, 7) is 0. The van der Waals surface area contributed by atoms with Gasteiger partial charge in [0.05, 0.1) is 25.1 Å². The maximum absolute atomic E-state index is 5.30. The molecule has 0 aliphatic heterocycles. The van der Waals surface area contributed by atoms with E-state index in [0.29, 0.717) is 0 Å². The van der Waals surface area contributed by atoms with Crippen LogP contribution in [0.2, 0.25) is 0 Å². The fourth-order valence-corrected chi connectivity index (χ4v) is 2.46. The van der Waals surface area contributed by atoms with Gasteiger partial charge in [-0.2, -0.15) is 0 Å². The Morgan fingerprint density at radius 2 is 1.06 bits per heavy atom. The van der Waals surface area contributed by atoms with E-state index in [9.17, 15) is 0 Å². The summed E-state index contributed by atoms with van der Waals surface area (Å²) in [5.41, 5.74) is 2.35. The first kappa shape index (κ1) is 9.54. The standard InChI is InChI=1S/C16H10O2/c1-3-11-7-17-9-15(11)13(5-1)14-6-2-4-12-8-18-10-16(12)14/h1-10H. The Bertz CT molecular complexity index is 764. The van der Waals surface area contributed by atoms with Crippen molar-refractivity contribution in [3.8, 4) is 11.1 Å². The summed E-state index contributed by atoms with van der Waals surface area (Å²) in [7, 11) is 0. The first-order chi connectivity index (χ1) is 8.93. The number of furan rings is 2. The van der Waals surface area contributed by atoms with Crippen molar-refractivity contribution >= 4 is 21.5 Å². The molecule has 2 aromatic heterocycles. The lowest BCUT2D eigenvalue weighted by molar-refractivity contribution is 0.572. The van der Waals surface area contributed by atoms with Crippen molar-refractivity contribution in [2.24, 2.45) is 0 Å². The van der Waals surface area contributed by atoms with Gasteiger partial charge in [0, 0.05) is 21.5 Å². The molecule has 0 bridgehead atoms. The number of benzene rings is 2. The molecular weight excluding hydrogens is 224 g/mol. The molecule has 0 fully saturated rings. The Kier molecular flexibility index (Phi) is 1.86. The molecule has 0 aliphatic carbocycles. The van der Waals surface area contributed by atoms with Crippen LogP contribution < -0.4 is 0 Å². The zero-order valence-electron chi connectivity index (χ0n) is 9.59. The molecule has 2 heteroatoms. The zero-order chi connectivity index (χ0) is 11.9. The van der Waals surface area contributed by atoms with Crippen molar-refractivity contribution in [1.82, 2.24) is 0 Å². The second-order valence-corrected chi connectivity index (χ2v) is 4.36. The second kappa shape index (κ2) is 3.50. The largest absolute Gasteiger partial charge is 0.471 e. The predicted octanol–water partition coefficient (Wildman–Crippen LogP) is 4.85. The minimum Gasteiger partial charge on any atom is -0.471 e. The first-order valence-electron chi connectivity index (χ1n) is 5.84. The first-order valence-corrected chi connectivity index (χ1v) is 5.84. The quantitative estimate of drug-likeness (QED) is 0.470. The van der Waals surface area contributed by atoms with Crippen LogP contribution in [0, 0.1) is 0 Å². The minimum atomic E-state index is 1.12. The van der Waals surface area contributed by atoms with Gasteiger partial charge < -0.3 is 8.83 Å². The normalized spacial score (nSPS) is 11.3. The minimum absolute atomic E-state index is 1.12. The van der Waals surface area contributed by atoms with Crippen LogP contribution >= 0.6 is 0 Å². The van der Waals surface area contributed by atoms with Crippen molar-refractivity contribution in [2.75, 3.05) is 0 Å². The molecule has 0 atom stereocenters. The molecule has 0 radical (unpaired) electrons. The third-order valence-electron chi connectivity index (χ3n) is 3.33. The highest BCUT2D eigenvalue weighted by atomic mass is 16.3. The topological polar surface area (TPSA) is 26.3 Å². The summed E-state index contributed by atoms with van der Waals surface area (Å²) in [6.07, 6.45) is 7.13. The van der Waals surface area contributed by atoms with Crippen LogP contribution in [0.3, 0.4) is 0 Å². The molecule has 0 amide bonds. The van der Waals surface area contributed by atoms with Gasteiger partial charge in [0.15, 0.2) is 0 Å². The van der Waals surface area contributed by atoms with Crippen LogP contribution in [-0.2, 0) is 0 Å². The van der Waals surface area contributed by atoms with Gasteiger partial charge in [-0.1, -0.05) is 36.4 Å². The average Bonchev–Trinajstić information content (AvgIpc) is 3.06. The molecule has 4 aromatic rings. The molecule has 2 heterocycles. The Hall–Kier alpha value is -2.48. The Morgan fingerprint density at radius 3 is 1.56 bits per heavy atom. The Balaban J connectivity index is 2.13. The van der Waals surface area contributed by atoms with Gasteiger partial charge in [0.1, 0.15) is 0 Å². The third kappa shape index (κ3) is 1.23. The SMILES string of the molecule is c1cc(-c2cccc3cocc23)c2cocc2c1. The number of rotatable bonds is 1. The van der Waals surface area contributed by atoms with E-state index in [-0.39, 0.29) is 0 Å². The zero-order valence-corrected chi connectivity index (χ0v) is 9.59. The van der Waals surface area contributed by atoms with Gasteiger partial charge in [0.25, 0.3) is 0 Å². The summed E-state index contributed by atoms with van der Waals surface area (Å²) in [4.78, 5) is 0. The molecule has 2 aromatic carbocycles. The molecule has 0 spiro atoms. The maximum atomic E-state index is 5.30. The van der Waals surface area contributed by atoms with Crippen molar-refractivity contribution in [1.29, 1.82) is 0 Å². The Morgan fingerprint density at radius 1 is 0.556 bits per heavy atom. The van der Waals surface area contributed by atoms with Crippen LogP contribution in [0.25, 0.3) is 32.7 Å². The smallest absolute Gasteiger partial charge is 0.0987 e. The van der Waals surface area contributed by atoms with E-state index in [4.69, 9.17) is 8.83 Å². The molecule has 0 aliphatic rings.